The highest BCUT2D eigenvalue weighted by atomic mass is 16.3. The summed E-state index contributed by atoms with van der Waals surface area (Å²) in [6, 6.07) is 7.42. The predicted octanol–water partition coefficient (Wildman–Crippen LogP) is 1.08. The van der Waals surface area contributed by atoms with Gasteiger partial charge in [-0.15, -0.1) is 0 Å². The summed E-state index contributed by atoms with van der Waals surface area (Å²) in [7, 11) is 0. The van der Waals surface area contributed by atoms with Gasteiger partial charge >= 0.3 is 0 Å². The standard InChI is InChI=1S/C8H10NO/c9-5-7-2-1-3-8(4-7)6-10/h1-4H,5-6,9H2. The maximum Gasteiger partial charge on any atom is 0.107 e. The second-order valence-electron chi connectivity index (χ2n) is 2.17. The quantitative estimate of drug-likeness (QED) is 0.649. The largest absolute Gasteiger partial charge is 0.326 e. The highest BCUT2D eigenvalue weighted by Crippen LogP contribution is 2.03. The minimum absolute atomic E-state index is 0.159. The fourth-order valence-electron chi connectivity index (χ4n) is 0.846. The molecule has 0 fully saturated rings. The van der Waals surface area contributed by atoms with Crippen LogP contribution < -0.4 is 5.73 Å². The summed E-state index contributed by atoms with van der Waals surface area (Å²) in [5, 5.41) is 10.4. The summed E-state index contributed by atoms with van der Waals surface area (Å²) in [4.78, 5) is 0. The van der Waals surface area contributed by atoms with Crippen molar-refractivity contribution in [2.75, 3.05) is 0 Å². The molecule has 0 aromatic heterocycles. The first kappa shape index (κ1) is 7.25. The van der Waals surface area contributed by atoms with Crippen molar-refractivity contribution < 1.29 is 5.11 Å². The normalized spacial score (nSPS) is 9.80. The van der Waals surface area contributed by atoms with E-state index in [4.69, 9.17) is 5.73 Å². The van der Waals surface area contributed by atoms with Crippen molar-refractivity contribution in [2.45, 2.75) is 13.2 Å². The Balaban J connectivity index is 2.87. The van der Waals surface area contributed by atoms with E-state index in [1.54, 1.807) is 0 Å². The SMILES string of the molecule is NCc1cccc(C[O])c1. The lowest BCUT2D eigenvalue weighted by molar-refractivity contribution is 0.177. The summed E-state index contributed by atoms with van der Waals surface area (Å²) in [6.45, 7) is 0.349. The number of benzene rings is 1. The van der Waals surface area contributed by atoms with Gasteiger partial charge in [-0.3, -0.25) is 0 Å². The molecule has 2 heteroatoms. The lowest BCUT2D eigenvalue weighted by atomic mass is 10.1. The zero-order valence-corrected chi connectivity index (χ0v) is 5.71. The van der Waals surface area contributed by atoms with Gasteiger partial charge < -0.3 is 5.73 Å². The third-order valence-corrected chi connectivity index (χ3v) is 1.39. The van der Waals surface area contributed by atoms with Crippen molar-refractivity contribution in [2.24, 2.45) is 5.73 Å². The molecular weight excluding hydrogens is 126 g/mol. The highest BCUT2D eigenvalue weighted by molar-refractivity contribution is 5.22. The third-order valence-electron chi connectivity index (χ3n) is 1.39. The average molecular weight is 136 g/mol. The van der Waals surface area contributed by atoms with E-state index in [-0.39, 0.29) is 6.61 Å². The summed E-state index contributed by atoms with van der Waals surface area (Å²) in [5.41, 5.74) is 7.20. The molecule has 0 bridgehead atoms. The van der Waals surface area contributed by atoms with E-state index in [2.05, 4.69) is 0 Å². The Labute approximate surface area is 60.3 Å². The van der Waals surface area contributed by atoms with Gasteiger partial charge in [0.2, 0.25) is 0 Å². The Bertz CT molecular complexity index is 191. The Morgan fingerprint density at radius 1 is 1.30 bits per heavy atom. The first-order valence-corrected chi connectivity index (χ1v) is 3.23. The first-order valence-electron chi connectivity index (χ1n) is 3.23. The monoisotopic (exact) mass is 136 g/mol. The molecule has 0 atom stereocenters. The lowest BCUT2D eigenvalue weighted by Gasteiger charge is -1.97. The fourth-order valence-corrected chi connectivity index (χ4v) is 0.846. The average Bonchev–Trinajstić information content (AvgIpc) is 2.05. The Morgan fingerprint density at radius 3 is 2.60 bits per heavy atom. The van der Waals surface area contributed by atoms with E-state index in [1.807, 2.05) is 24.3 Å². The molecule has 0 heterocycles. The van der Waals surface area contributed by atoms with Gasteiger partial charge in [0.15, 0.2) is 0 Å². The Kier molecular flexibility index (Phi) is 2.42. The van der Waals surface area contributed by atoms with E-state index >= 15 is 0 Å². The number of rotatable bonds is 2. The van der Waals surface area contributed by atoms with E-state index < -0.39 is 0 Å². The maximum absolute atomic E-state index is 10.4. The molecule has 0 aliphatic rings. The van der Waals surface area contributed by atoms with Crippen LogP contribution in [-0.4, -0.2) is 0 Å². The first-order chi connectivity index (χ1) is 4.86. The Hall–Kier alpha value is -0.860. The van der Waals surface area contributed by atoms with E-state index in [0.717, 1.165) is 11.1 Å². The second-order valence-corrected chi connectivity index (χ2v) is 2.17. The molecule has 2 N–H and O–H groups in total. The predicted molar refractivity (Wildman–Crippen MR) is 38.7 cm³/mol. The van der Waals surface area contributed by atoms with Crippen LogP contribution in [0.1, 0.15) is 11.1 Å². The summed E-state index contributed by atoms with van der Waals surface area (Å²) in [5.74, 6) is 0. The molecule has 0 aliphatic carbocycles. The number of nitrogens with two attached hydrogens (primary N) is 1. The van der Waals surface area contributed by atoms with Crippen LogP contribution in [0.3, 0.4) is 0 Å². The van der Waals surface area contributed by atoms with Crippen LogP contribution in [0, 0.1) is 0 Å². The zero-order valence-electron chi connectivity index (χ0n) is 5.71. The number of hydrogen-bond acceptors (Lipinski definition) is 1. The van der Waals surface area contributed by atoms with Gasteiger partial charge in [0.25, 0.3) is 0 Å². The van der Waals surface area contributed by atoms with E-state index in [0.29, 0.717) is 6.54 Å². The van der Waals surface area contributed by atoms with Gasteiger partial charge in [0.05, 0.1) is 0 Å². The van der Waals surface area contributed by atoms with Gasteiger partial charge in [-0.1, -0.05) is 24.3 Å². The van der Waals surface area contributed by atoms with Crippen LogP contribution in [0.15, 0.2) is 24.3 Å². The molecule has 1 aromatic rings. The highest BCUT2D eigenvalue weighted by Gasteiger charge is 1.91. The second kappa shape index (κ2) is 3.34. The molecule has 0 spiro atoms. The Morgan fingerprint density at radius 2 is 2.00 bits per heavy atom. The minimum atomic E-state index is -0.159. The van der Waals surface area contributed by atoms with Gasteiger partial charge in [-0.2, -0.15) is 0 Å². The molecule has 10 heavy (non-hydrogen) atoms. The molecule has 0 amide bonds. The van der Waals surface area contributed by atoms with Crippen molar-refractivity contribution in [3.05, 3.63) is 35.4 Å². The van der Waals surface area contributed by atoms with Crippen LogP contribution in [-0.2, 0) is 18.3 Å². The number of hydrogen-bond donors (Lipinski definition) is 1. The summed E-state index contributed by atoms with van der Waals surface area (Å²) in [6.07, 6.45) is 0. The van der Waals surface area contributed by atoms with Crippen molar-refractivity contribution >= 4 is 0 Å². The molecule has 2 nitrogen and oxygen atoms in total. The fraction of sp³-hybridized carbons (Fsp3) is 0.250. The van der Waals surface area contributed by atoms with Crippen molar-refractivity contribution in [3.63, 3.8) is 0 Å². The van der Waals surface area contributed by atoms with Gasteiger partial charge in [0.1, 0.15) is 6.61 Å². The molecule has 0 saturated carbocycles. The van der Waals surface area contributed by atoms with Crippen molar-refractivity contribution in [3.8, 4) is 0 Å². The maximum atomic E-state index is 10.4. The molecule has 1 rings (SSSR count). The molecule has 0 aliphatic heterocycles. The minimum Gasteiger partial charge on any atom is -0.326 e. The van der Waals surface area contributed by atoms with Crippen LogP contribution >= 0.6 is 0 Å². The zero-order chi connectivity index (χ0) is 7.40. The molecule has 53 valence electrons. The van der Waals surface area contributed by atoms with E-state index in [1.165, 1.54) is 0 Å². The molecule has 1 radical (unpaired) electrons. The van der Waals surface area contributed by atoms with Crippen LogP contribution in [0.25, 0.3) is 0 Å². The molecule has 0 unspecified atom stereocenters. The van der Waals surface area contributed by atoms with Crippen LogP contribution in [0.4, 0.5) is 0 Å². The molecule has 1 aromatic carbocycles. The van der Waals surface area contributed by atoms with Crippen molar-refractivity contribution in [1.82, 2.24) is 0 Å². The van der Waals surface area contributed by atoms with E-state index in [9.17, 15) is 5.11 Å². The lowest BCUT2D eigenvalue weighted by Crippen LogP contribution is -1.96. The molecular formula is C8H10NO. The van der Waals surface area contributed by atoms with Crippen molar-refractivity contribution in [1.29, 1.82) is 0 Å². The summed E-state index contributed by atoms with van der Waals surface area (Å²) < 4.78 is 0. The van der Waals surface area contributed by atoms with Crippen LogP contribution in [0.2, 0.25) is 0 Å². The van der Waals surface area contributed by atoms with Gasteiger partial charge in [-0.05, 0) is 11.1 Å². The topological polar surface area (TPSA) is 45.9 Å². The van der Waals surface area contributed by atoms with Crippen LogP contribution in [0.5, 0.6) is 0 Å². The smallest absolute Gasteiger partial charge is 0.107 e. The van der Waals surface area contributed by atoms with Gasteiger partial charge in [0, 0.05) is 6.54 Å². The van der Waals surface area contributed by atoms with Gasteiger partial charge in [-0.25, -0.2) is 5.11 Å². The third kappa shape index (κ3) is 1.56. The summed E-state index contributed by atoms with van der Waals surface area (Å²) >= 11 is 0. The molecule has 0 saturated heterocycles.